The zero-order valence-corrected chi connectivity index (χ0v) is 14.1. The summed E-state index contributed by atoms with van der Waals surface area (Å²) in [5.74, 6) is -2.88. The van der Waals surface area contributed by atoms with Crippen LogP contribution in [0.25, 0.3) is 10.9 Å². The summed E-state index contributed by atoms with van der Waals surface area (Å²) < 4.78 is 0. The summed E-state index contributed by atoms with van der Waals surface area (Å²) in [5.41, 5.74) is 3.69. The van der Waals surface area contributed by atoms with Crippen LogP contribution in [0.2, 0.25) is 5.02 Å². The smallest absolute Gasteiger partial charge is 0.318 e. The van der Waals surface area contributed by atoms with Crippen LogP contribution >= 0.6 is 11.6 Å². The van der Waals surface area contributed by atoms with Crippen LogP contribution in [0.4, 0.5) is 0 Å². The standard InChI is InChI=1S/C18H14ClN3O4/c19-13-7-11(5-6-16(13)23)17(24)22-20-9-12(18(25)26)15-8-10-3-1-2-4-14(10)21-15/h1-9,12,21,23H,(H,22,24)(H,25,26). The highest BCUT2D eigenvalue weighted by Crippen LogP contribution is 2.23. The van der Waals surface area contributed by atoms with Crippen molar-refractivity contribution in [2.45, 2.75) is 5.92 Å². The maximum Gasteiger partial charge on any atom is 0.318 e. The molecule has 8 heteroatoms. The molecule has 1 amide bonds. The molecule has 0 fully saturated rings. The first kappa shape index (κ1) is 17.5. The lowest BCUT2D eigenvalue weighted by molar-refractivity contribution is -0.137. The monoisotopic (exact) mass is 371 g/mol. The average molecular weight is 372 g/mol. The molecule has 0 aliphatic heterocycles. The SMILES string of the molecule is O=C(NN=CC(C(=O)O)c1cc2ccccc2[nH]1)c1ccc(O)c(Cl)c1. The van der Waals surface area contributed by atoms with Crippen molar-refractivity contribution in [3.8, 4) is 5.75 Å². The Hall–Kier alpha value is -3.32. The molecular formula is C18H14ClN3O4. The molecule has 0 saturated heterocycles. The van der Waals surface area contributed by atoms with Crippen molar-refractivity contribution in [3.05, 3.63) is 64.8 Å². The van der Waals surface area contributed by atoms with Crippen molar-refractivity contribution in [2.75, 3.05) is 0 Å². The minimum Gasteiger partial charge on any atom is -0.506 e. The molecular weight excluding hydrogens is 358 g/mol. The van der Waals surface area contributed by atoms with Crippen LogP contribution in [-0.4, -0.2) is 33.3 Å². The fourth-order valence-electron chi connectivity index (χ4n) is 2.42. The minimum atomic E-state index is -1.11. The number of carboxylic acid groups (broad SMARTS) is 1. The molecule has 26 heavy (non-hydrogen) atoms. The lowest BCUT2D eigenvalue weighted by Gasteiger charge is -2.05. The number of hydrogen-bond acceptors (Lipinski definition) is 4. The van der Waals surface area contributed by atoms with E-state index in [1.165, 1.54) is 18.2 Å². The summed E-state index contributed by atoms with van der Waals surface area (Å²) >= 11 is 5.75. The Morgan fingerprint density at radius 3 is 2.65 bits per heavy atom. The number of H-pyrrole nitrogens is 1. The van der Waals surface area contributed by atoms with Crippen molar-refractivity contribution in [3.63, 3.8) is 0 Å². The number of benzene rings is 2. The van der Waals surface area contributed by atoms with E-state index in [4.69, 9.17) is 11.6 Å². The van der Waals surface area contributed by atoms with Gasteiger partial charge in [-0.3, -0.25) is 9.59 Å². The number of phenols is 1. The Morgan fingerprint density at radius 2 is 1.96 bits per heavy atom. The van der Waals surface area contributed by atoms with Gasteiger partial charge in [0.05, 0.1) is 5.02 Å². The topological polar surface area (TPSA) is 115 Å². The minimum absolute atomic E-state index is 0.0307. The van der Waals surface area contributed by atoms with Crippen LogP contribution < -0.4 is 5.43 Å². The summed E-state index contributed by atoms with van der Waals surface area (Å²) in [4.78, 5) is 26.6. The van der Waals surface area contributed by atoms with Gasteiger partial charge in [-0.2, -0.15) is 5.10 Å². The Kier molecular flexibility index (Phi) is 4.90. The van der Waals surface area contributed by atoms with E-state index >= 15 is 0 Å². The van der Waals surface area contributed by atoms with Crippen molar-refractivity contribution < 1.29 is 19.8 Å². The molecule has 0 spiro atoms. The van der Waals surface area contributed by atoms with Crippen LogP contribution in [0.5, 0.6) is 5.75 Å². The molecule has 132 valence electrons. The fourth-order valence-corrected chi connectivity index (χ4v) is 2.60. The highest BCUT2D eigenvalue weighted by molar-refractivity contribution is 6.32. The van der Waals surface area contributed by atoms with Gasteiger partial charge in [-0.25, -0.2) is 5.43 Å². The van der Waals surface area contributed by atoms with Gasteiger partial charge >= 0.3 is 5.97 Å². The van der Waals surface area contributed by atoms with Crippen molar-refractivity contribution >= 4 is 40.6 Å². The number of hydrogen-bond donors (Lipinski definition) is 4. The second-order valence-electron chi connectivity index (χ2n) is 5.51. The lowest BCUT2D eigenvalue weighted by atomic mass is 10.1. The molecule has 0 radical (unpaired) electrons. The van der Waals surface area contributed by atoms with Gasteiger partial charge in [-0.15, -0.1) is 0 Å². The molecule has 0 saturated carbocycles. The van der Waals surface area contributed by atoms with E-state index in [0.717, 1.165) is 17.1 Å². The summed E-state index contributed by atoms with van der Waals surface area (Å²) in [6.07, 6.45) is 1.13. The number of carbonyl (C=O) groups is 2. The van der Waals surface area contributed by atoms with Crippen molar-refractivity contribution in [2.24, 2.45) is 5.10 Å². The average Bonchev–Trinajstić information content (AvgIpc) is 3.04. The zero-order valence-electron chi connectivity index (χ0n) is 13.3. The van der Waals surface area contributed by atoms with E-state index in [0.29, 0.717) is 5.69 Å². The molecule has 4 N–H and O–H groups in total. The van der Waals surface area contributed by atoms with E-state index in [1.807, 2.05) is 24.3 Å². The first-order chi connectivity index (χ1) is 12.5. The number of aromatic nitrogens is 1. The van der Waals surface area contributed by atoms with Gasteiger partial charge in [0, 0.05) is 23.0 Å². The first-order valence-corrected chi connectivity index (χ1v) is 7.96. The number of nitrogens with zero attached hydrogens (tertiary/aromatic N) is 1. The molecule has 1 aromatic heterocycles. The third-order valence-electron chi connectivity index (χ3n) is 3.75. The van der Waals surface area contributed by atoms with E-state index in [9.17, 15) is 19.8 Å². The van der Waals surface area contributed by atoms with Crippen LogP contribution in [0.15, 0.2) is 53.6 Å². The van der Waals surface area contributed by atoms with Crippen molar-refractivity contribution in [1.82, 2.24) is 10.4 Å². The number of nitrogens with one attached hydrogen (secondary N) is 2. The summed E-state index contributed by atoms with van der Waals surface area (Å²) in [5, 5.41) is 23.4. The number of phenolic OH excluding ortho intramolecular Hbond substituents is 1. The normalized spacial score (nSPS) is 12.3. The van der Waals surface area contributed by atoms with E-state index < -0.39 is 17.8 Å². The van der Waals surface area contributed by atoms with Crippen LogP contribution in [0.3, 0.4) is 0 Å². The molecule has 3 rings (SSSR count). The molecule has 0 bridgehead atoms. The maximum atomic E-state index is 12.0. The number of rotatable bonds is 5. The zero-order chi connectivity index (χ0) is 18.7. The number of hydrazone groups is 1. The summed E-state index contributed by atoms with van der Waals surface area (Å²) in [6, 6.07) is 13.1. The maximum absolute atomic E-state index is 12.0. The van der Waals surface area contributed by atoms with E-state index in [-0.39, 0.29) is 16.3 Å². The quantitative estimate of drug-likeness (QED) is 0.407. The Morgan fingerprint density at radius 1 is 1.19 bits per heavy atom. The van der Waals surface area contributed by atoms with Gasteiger partial charge in [-0.1, -0.05) is 29.8 Å². The van der Waals surface area contributed by atoms with Crippen LogP contribution in [-0.2, 0) is 4.79 Å². The number of aliphatic carboxylic acids is 1. The molecule has 3 aromatic rings. The number of halogens is 1. The number of carbonyl (C=O) groups excluding carboxylic acids is 1. The number of fused-ring (bicyclic) bond motifs is 1. The number of amides is 1. The highest BCUT2D eigenvalue weighted by atomic mass is 35.5. The van der Waals surface area contributed by atoms with E-state index in [2.05, 4.69) is 15.5 Å². The lowest BCUT2D eigenvalue weighted by Crippen LogP contribution is -2.20. The van der Waals surface area contributed by atoms with Crippen LogP contribution in [0, 0.1) is 0 Å². The van der Waals surface area contributed by atoms with Crippen molar-refractivity contribution in [1.29, 1.82) is 0 Å². The molecule has 1 unspecified atom stereocenters. The number of carboxylic acids is 1. The molecule has 0 aliphatic carbocycles. The summed E-state index contributed by atoms with van der Waals surface area (Å²) in [6.45, 7) is 0. The predicted molar refractivity (Wildman–Crippen MR) is 97.8 cm³/mol. The molecule has 1 atom stereocenters. The molecule has 1 heterocycles. The van der Waals surface area contributed by atoms with E-state index in [1.54, 1.807) is 6.07 Å². The number of para-hydroxylation sites is 1. The van der Waals surface area contributed by atoms with Gasteiger partial charge in [-0.05, 0) is 35.7 Å². The van der Waals surface area contributed by atoms with Gasteiger partial charge in [0.2, 0.25) is 0 Å². The molecule has 7 nitrogen and oxygen atoms in total. The Bertz CT molecular complexity index is 980. The highest BCUT2D eigenvalue weighted by Gasteiger charge is 2.20. The number of aromatic hydroxyl groups is 1. The molecule has 0 aliphatic rings. The second kappa shape index (κ2) is 7.28. The van der Waals surface area contributed by atoms with Gasteiger partial charge in [0.25, 0.3) is 5.91 Å². The van der Waals surface area contributed by atoms with Crippen LogP contribution in [0.1, 0.15) is 22.0 Å². The first-order valence-electron chi connectivity index (χ1n) is 7.58. The summed E-state index contributed by atoms with van der Waals surface area (Å²) in [7, 11) is 0. The largest absolute Gasteiger partial charge is 0.506 e. The Labute approximate surface area is 152 Å². The second-order valence-corrected chi connectivity index (χ2v) is 5.92. The number of aromatic amines is 1. The van der Waals surface area contributed by atoms with Gasteiger partial charge in [0.1, 0.15) is 11.7 Å². The Balaban J connectivity index is 1.76. The van der Waals surface area contributed by atoms with Gasteiger partial charge < -0.3 is 15.2 Å². The predicted octanol–water partition coefficient (Wildman–Crippen LogP) is 3.11. The fraction of sp³-hybridized carbons (Fsp3) is 0.0556. The third kappa shape index (κ3) is 3.68. The molecule has 2 aromatic carbocycles. The van der Waals surface area contributed by atoms with Gasteiger partial charge in [0.15, 0.2) is 0 Å². The third-order valence-corrected chi connectivity index (χ3v) is 4.05.